The van der Waals surface area contributed by atoms with Crippen molar-refractivity contribution in [2.24, 2.45) is 0 Å². The maximum Gasteiger partial charge on any atom is 0.342 e. The van der Waals surface area contributed by atoms with Crippen molar-refractivity contribution in [3.05, 3.63) is 68.5 Å². The molecule has 0 bridgehead atoms. The number of halogens is 1. The van der Waals surface area contributed by atoms with Crippen molar-refractivity contribution in [1.29, 1.82) is 0 Å². The number of carbonyl (C=O) groups is 1. The molecule has 0 saturated heterocycles. The molecule has 1 aromatic heterocycles. The van der Waals surface area contributed by atoms with Gasteiger partial charge < -0.3 is 19.4 Å². The molecule has 7 heteroatoms. The zero-order valence-electron chi connectivity index (χ0n) is 12.2. The van der Waals surface area contributed by atoms with E-state index < -0.39 is 11.6 Å². The van der Waals surface area contributed by atoms with E-state index in [1.54, 1.807) is 12.1 Å². The summed E-state index contributed by atoms with van der Waals surface area (Å²) in [4.78, 5) is 23.7. The number of esters is 1. The van der Waals surface area contributed by atoms with Crippen LogP contribution in [0.1, 0.15) is 15.9 Å². The van der Waals surface area contributed by atoms with Crippen molar-refractivity contribution in [2.45, 2.75) is 6.61 Å². The first kappa shape index (κ1) is 16.1. The quantitative estimate of drug-likeness (QED) is 0.525. The normalized spacial score (nSPS) is 10.7. The van der Waals surface area contributed by atoms with Gasteiger partial charge in [0.2, 0.25) is 0 Å². The fourth-order valence-electron chi connectivity index (χ4n) is 2.23. The minimum atomic E-state index is -0.728. The number of fused-ring (bicyclic) bond motifs is 1. The lowest BCUT2D eigenvalue weighted by Crippen LogP contribution is -2.08. The van der Waals surface area contributed by atoms with Gasteiger partial charge in [-0.2, -0.15) is 0 Å². The van der Waals surface area contributed by atoms with Gasteiger partial charge in [0, 0.05) is 27.6 Å². The number of aromatic hydroxyl groups is 2. The zero-order valence-corrected chi connectivity index (χ0v) is 13.7. The van der Waals surface area contributed by atoms with Gasteiger partial charge in [0.25, 0.3) is 0 Å². The lowest BCUT2D eigenvalue weighted by Gasteiger charge is -2.08. The summed E-state index contributed by atoms with van der Waals surface area (Å²) in [6, 6.07) is 9.93. The molecule has 3 rings (SSSR count). The van der Waals surface area contributed by atoms with Crippen molar-refractivity contribution in [2.75, 3.05) is 0 Å². The average Bonchev–Trinajstić information content (AvgIpc) is 2.54. The molecule has 0 fully saturated rings. The summed E-state index contributed by atoms with van der Waals surface area (Å²) in [6.07, 6.45) is 0. The fourth-order valence-corrected chi connectivity index (χ4v) is 2.59. The molecule has 0 spiro atoms. The predicted molar refractivity (Wildman–Crippen MR) is 89.1 cm³/mol. The Morgan fingerprint density at radius 3 is 2.71 bits per heavy atom. The fraction of sp³-hybridized carbons (Fsp3) is 0.0588. The van der Waals surface area contributed by atoms with Gasteiger partial charge in [-0.25, -0.2) is 9.59 Å². The number of hydrogen-bond donors (Lipinski definition) is 2. The van der Waals surface area contributed by atoms with Gasteiger partial charge in [0.1, 0.15) is 29.3 Å². The largest absolute Gasteiger partial charge is 0.508 e. The van der Waals surface area contributed by atoms with Gasteiger partial charge in [0.15, 0.2) is 0 Å². The van der Waals surface area contributed by atoms with Gasteiger partial charge in [-0.3, -0.25) is 0 Å². The third-order valence-corrected chi connectivity index (χ3v) is 3.84. The van der Waals surface area contributed by atoms with Crippen LogP contribution in [0, 0.1) is 0 Å². The topological polar surface area (TPSA) is 97.0 Å². The summed E-state index contributed by atoms with van der Waals surface area (Å²) in [5.74, 6) is -0.974. The molecule has 0 amide bonds. The number of benzene rings is 2. The summed E-state index contributed by atoms with van der Waals surface area (Å²) >= 11 is 3.21. The van der Waals surface area contributed by atoms with E-state index in [1.807, 2.05) is 0 Å². The maximum absolute atomic E-state index is 12.1. The number of phenolic OH excluding ortho intramolecular Hbond substituents is 2. The molecule has 0 unspecified atom stereocenters. The average molecular weight is 391 g/mol. The van der Waals surface area contributed by atoms with E-state index in [-0.39, 0.29) is 29.3 Å². The van der Waals surface area contributed by atoms with E-state index >= 15 is 0 Å². The summed E-state index contributed by atoms with van der Waals surface area (Å²) in [7, 11) is 0. The standard InChI is InChI=1S/C17H11BrO6/c18-10-1-4-14(20)13(6-10)17(22)23-8-9-5-16(21)24-15-7-11(19)2-3-12(9)15/h1-7,19-20H,8H2. The van der Waals surface area contributed by atoms with Crippen LogP contribution < -0.4 is 5.63 Å². The maximum atomic E-state index is 12.1. The SMILES string of the molecule is O=C(OCc1cc(=O)oc2cc(O)ccc12)c1cc(Br)ccc1O. The summed E-state index contributed by atoms with van der Waals surface area (Å²) in [5.41, 5.74) is 0.0154. The molecule has 1 heterocycles. The minimum absolute atomic E-state index is 0.00860. The number of rotatable bonds is 3. The van der Waals surface area contributed by atoms with Crippen molar-refractivity contribution in [1.82, 2.24) is 0 Å². The Bertz CT molecular complexity index is 992. The first-order valence-electron chi connectivity index (χ1n) is 6.85. The monoisotopic (exact) mass is 390 g/mol. The zero-order chi connectivity index (χ0) is 17.3. The van der Waals surface area contributed by atoms with Crippen molar-refractivity contribution in [3.8, 4) is 11.5 Å². The van der Waals surface area contributed by atoms with E-state index in [2.05, 4.69) is 15.9 Å². The summed E-state index contributed by atoms with van der Waals surface area (Å²) < 4.78 is 10.8. The highest BCUT2D eigenvalue weighted by Gasteiger charge is 2.15. The van der Waals surface area contributed by atoms with Gasteiger partial charge in [-0.1, -0.05) is 15.9 Å². The highest BCUT2D eigenvalue weighted by molar-refractivity contribution is 9.10. The Labute approximate surface area is 144 Å². The molecule has 122 valence electrons. The highest BCUT2D eigenvalue weighted by atomic mass is 79.9. The van der Waals surface area contributed by atoms with E-state index in [9.17, 15) is 19.8 Å². The molecular weight excluding hydrogens is 380 g/mol. The van der Waals surface area contributed by atoms with Gasteiger partial charge in [-0.05, 0) is 30.3 Å². The molecule has 0 saturated carbocycles. The summed E-state index contributed by atoms with van der Waals surface area (Å²) in [5, 5.41) is 19.7. The Balaban J connectivity index is 1.89. The number of phenols is 2. The Kier molecular flexibility index (Phi) is 4.26. The van der Waals surface area contributed by atoms with Crippen LogP contribution in [0.15, 0.2) is 56.1 Å². The first-order chi connectivity index (χ1) is 11.4. The lowest BCUT2D eigenvalue weighted by atomic mass is 10.1. The van der Waals surface area contributed by atoms with Crippen LogP contribution >= 0.6 is 15.9 Å². The molecule has 0 radical (unpaired) electrons. The van der Waals surface area contributed by atoms with Crippen molar-refractivity contribution >= 4 is 32.9 Å². The van der Waals surface area contributed by atoms with Gasteiger partial charge in [0.05, 0.1) is 0 Å². The van der Waals surface area contributed by atoms with Gasteiger partial charge in [-0.15, -0.1) is 0 Å². The van der Waals surface area contributed by atoms with Crippen LogP contribution in [0.3, 0.4) is 0 Å². The van der Waals surface area contributed by atoms with Crippen LogP contribution in [0.25, 0.3) is 11.0 Å². The number of carbonyl (C=O) groups excluding carboxylic acids is 1. The van der Waals surface area contributed by atoms with Crippen LogP contribution in [0.5, 0.6) is 11.5 Å². The Morgan fingerprint density at radius 1 is 1.12 bits per heavy atom. The van der Waals surface area contributed by atoms with E-state index in [0.717, 1.165) is 0 Å². The van der Waals surface area contributed by atoms with Crippen LogP contribution in [-0.2, 0) is 11.3 Å². The van der Waals surface area contributed by atoms with E-state index in [0.29, 0.717) is 15.4 Å². The second-order valence-corrected chi connectivity index (χ2v) is 5.92. The molecule has 24 heavy (non-hydrogen) atoms. The molecule has 2 N–H and O–H groups in total. The molecule has 0 aliphatic carbocycles. The van der Waals surface area contributed by atoms with E-state index in [4.69, 9.17) is 9.15 Å². The van der Waals surface area contributed by atoms with E-state index in [1.165, 1.54) is 30.3 Å². The van der Waals surface area contributed by atoms with Crippen LogP contribution in [0.4, 0.5) is 0 Å². The van der Waals surface area contributed by atoms with Crippen LogP contribution in [-0.4, -0.2) is 16.2 Å². The Morgan fingerprint density at radius 2 is 1.92 bits per heavy atom. The van der Waals surface area contributed by atoms with Crippen LogP contribution in [0.2, 0.25) is 0 Å². The van der Waals surface area contributed by atoms with Crippen molar-refractivity contribution in [3.63, 3.8) is 0 Å². The molecular formula is C17H11BrO6. The molecule has 3 aromatic rings. The summed E-state index contributed by atoms with van der Waals surface area (Å²) in [6.45, 7) is -0.183. The lowest BCUT2D eigenvalue weighted by molar-refractivity contribution is 0.0470. The molecule has 0 aliphatic rings. The molecule has 6 nitrogen and oxygen atoms in total. The third-order valence-electron chi connectivity index (χ3n) is 3.35. The second-order valence-electron chi connectivity index (χ2n) is 5.01. The Hall–Kier alpha value is -2.80. The highest BCUT2D eigenvalue weighted by Crippen LogP contribution is 2.25. The predicted octanol–water partition coefficient (Wildman–Crippen LogP) is 3.32. The number of ether oxygens (including phenoxy) is 1. The number of hydrogen-bond acceptors (Lipinski definition) is 6. The minimum Gasteiger partial charge on any atom is -0.508 e. The smallest absolute Gasteiger partial charge is 0.342 e. The van der Waals surface area contributed by atoms with Crippen molar-refractivity contribution < 1.29 is 24.2 Å². The van der Waals surface area contributed by atoms with Gasteiger partial charge >= 0.3 is 11.6 Å². The second kappa shape index (κ2) is 6.37. The molecule has 0 atom stereocenters. The molecule has 0 aliphatic heterocycles. The molecule has 2 aromatic carbocycles. The first-order valence-corrected chi connectivity index (χ1v) is 7.65. The third kappa shape index (κ3) is 3.26.